The van der Waals surface area contributed by atoms with Gasteiger partial charge in [-0.05, 0) is 6.07 Å². The summed E-state index contributed by atoms with van der Waals surface area (Å²) in [4.78, 5) is 8.52. The number of aromatic nitrogens is 2. The van der Waals surface area contributed by atoms with Crippen LogP contribution < -0.4 is 5.73 Å². The summed E-state index contributed by atoms with van der Waals surface area (Å²) in [5.74, 6) is 0.876. The van der Waals surface area contributed by atoms with Crippen molar-refractivity contribution in [3.63, 3.8) is 0 Å². The molecule has 2 rings (SSSR count). The van der Waals surface area contributed by atoms with Gasteiger partial charge in [0.2, 0.25) is 0 Å². The lowest BCUT2D eigenvalue weighted by molar-refractivity contribution is 0.158. The van der Waals surface area contributed by atoms with Crippen LogP contribution in [0.3, 0.4) is 0 Å². The van der Waals surface area contributed by atoms with Crippen molar-refractivity contribution in [1.82, 2.24) is 9.97 Å². The highest BCUT2D eigenvalue weighted by Crippen LogP contribution is 2.23. The number of thioether (sulfide) groups is 1. The summed E-state index contributed by atoms with van der Waals surface area (Å²) in [6.45, 7) is 1.88. The van der Waals surface area contributed by atoms with Gasteiger partial charge < -0.3 is 10.5 Å². The van der Waals surface area contributed by atoms with Gasteiger partial charge in [-0.3, -0.25) is 0 Å². The Morgan fingerprint density at radius 1 is 1.18 bits per heavy atom. The molecule has 4 nitrogen and oxygen atoms in total. The second-order valence-corrected chi connectivity index (χ2v) is 4.53. The molecule has 0 spiro atoms. The Bertz CT molecular complexity index is 473. The smallest absolute Gasteiger partial charge is 0.117 e. The molecule has 0 unspecified atom stereocenters. The van der Waals surface area contributed by atoms with Crippen LogP contribution in [-0.4, -0.2) is 35.5 Å². The predicted octanol–water partition coefficient (Wildman–Crippen LogP) is 1.70. The zero-order chi connectivity index (χ0) is 11.9. The summed E-state index contributed by atoms with van der Waals surface area (Å²) in [6, 6.07) is 8.01. The van der Waals surface area contributed by atoms with Crippen LogP contribution in [0.2, 0.25) is 0 Å². The summed E-state index contributed by atoms with van der Waals surface area (Å²) in [7, 11) is 0. The lowest BCUT2D eigenvalue weighted by atomic mass is 10.2. The number of hydrogen-bond donors (Lipinski definition) is 1. The fourth-order valence-electron chi connectivity index (χ4n) is 1.48. The average Bonchev–Trinajstić information content (AvgIpc) is 2.39. The first-order valence-electron chi connectivity index (χ1n) is 5.52. The number of ether oxygens (including phenoxy) is 1. The highest BCUT2D eigenvalue weighted by atomic mass is 32.2. The SMILES string of the molecule is NCCOCCSc1ncnc2ccccc12. The molecule has 17 heavy (non-hydrogen) atoms. The van der Waals surface area contributed by atoms with Gasteiger partial charge in [-0.1, -0.05) is 18.2 Å². The topological polar surface area (TPSA) is 61.0 Å². The van der Waals surface area contributed by atoms with Crippen molar-refractivity contribution in [3.8, 4) is 0 Å². The van der Waals surface area contributed by atoms with E-state index in [1.807, 2.05) is 24.3 Å². The van der Waals surface area contributed by atoms with Gasteiger partial charge in [0.25, 0.3) is 0 Å². The Balaban J connectivity index is 1.98. The van der Waals surface area contributed by atoms with Crippen LogP contribution in [0.1, 0.15) is 0 Å². The maximum Gasteiger partial charge on any atom is 0.117 e. The summed E-state index contributed by atoms with van der Waals surface area (Å²) < 4.78 is 5.33. The summed E-state index contributed by atoms with van der Waals surface area (Å²) >= 11 is 1.68. The highest BCUT2D eigenvalue weighted by Gasteiger charge is 2.02. The molecule has 90 valence electrons. The van der Waals surface area contributed by atoms with Crippen molar-refractivity contribution in [2.45, 2.75) is 5.03 Å². The lowest BCUT2D eigenvalue weighted by Gasteiger charge is -2.04. The minimum atomic E-state index is 0.571. The summed E-state index contributed by atoms with van der Waals surface area (Å²) in [5.41, 5.74) is 6.32. The first kappa shape index (κ1) is 12.3. The molecular weight excluding hydrogens is 234 g/mol. The molecule has 2 aromatic rings. The first-order valence-corrected chi connectivity index (χ1v) is 6.50. The van der Waals surface area contributed by atoms with Crippen molar-refractivity contribution in [3.05, 3.63) is 30.6 Å². The standard InChI is InChI=1S/C12H15N3OS/c13-5-6-16-7-8-17-12-10-3-1-2-4-11(10)14-9-15-12/h1-4,9H,5-8,13H2. The van der Waals surface area contributed by atoms with Crippen molar-refractivity contribution in [1.29, 1.82) is 0 Å². The number of benzene rings is 1. The van der Waals surface area contributed by atoms with E-state index in [0.717, 1.165) is 21.7 Å². The maximum atomic E-state index is 5.34. The predicted molar refractivity (Wildman–Crippen MR) is 70.1 cm³/mol. The van der Waals surface area contributed by atoms with Gasteiger partial charge in [0.05, 0.1) is 18.7 Å². The molecule has 1 aromatic heterocycles. The molecular formula is C12H15N3OS. The van der Waals surface area contributed by atoms with Crippen LogP contribution in [-0.2, 0) is 4.74 Å². The normalized spacial score (nSPS) is 10.9. The molecule has 0 saturated carbocycles. The molecule has 1 heterocycles. The molecule has 0 aliphatic rings. The largest absolute Gasteiger partial charge is 0.379 e. The number of nitrogens with zero attached hydrogens (tertiary/aromatic N) is 2. The molecule has 0 radical (unpaired) electrons. The van der Waals surface area contributed by atoms with E-state index in [-0.39, 0.29) is 0 Å². The second-order valence-electron chi connectivity index (χ2n) is 3.45. The molecule has 0 saturated heterocycles. The van der Waals surface area contributed by atoms with Gasteiger partial charge in [-0.25, -0.2) is 9.97 Å². The Kier molecular flexibility index (Phi) is 4.73. The van der Waals surface area contributed by atoms with Crippen LogP contribution in [0.4, 0.5) is 0 Å². The minimum absolute atomic E-state index is 0.571. The maximum absolute atomic E-state index is 5.34. The van der Waals surface area contributed by atoms with E-state index in [9.17, 15) is 0 Å². The van der Waals surface area contributed by atoms with Crippen LogP contribution >= 0.6 is 11.8 Å². The van der Waals surface area contributed by atoms with Crippen LogP contribution in [0.5, 0.6) is 0 Å². The fraction of sp³-hybridized carbons (Fsp3) is 0.333. The molecule has 0 fully saturated rings. The third-order valence-corrected chi connectivity index (χ3v) is 3.20. The summed E-state index contributed by atoms with van der Waals surface area (Å²) in [5, 5.41) is 2.10. The van der Waals surface area contributed by atoms with Crippen molar-refractivity contribution in [2.75, 3.05) is 25.5 Å². The minimum Gasteiger partial charge on any atom is -0.379 e. The summed E-state index contributed by atoms with van der Waals surface area (Å²) in [6.07, 6.45) is 1.60. The molecule has 2 N–H and O–H groups in total. The average molecular weight is 249 g/mol. The van der Waals surface area contributed by atoms with Gasteiger partial charge in [0.1, 0.15) is 11.4 Å². The molecule has 0 aliphatic carbocycles. The number of nitrogens with two attached hydrogens (primary N) is 1. The molecule has 0 aliphatic heterocycles. The van der Waals surface area contributed by atoms with Crippen molar-refractivity contribution >= 4 is 22.7 Å². The number of rotatable bonds is 6. The molecule has 0 bridgehead atoms. The Labute approximate surface area is 105 Å². The van der Waals surface area contributed by atoms with E-state index < -0.39 is 0 Å². The van der Waals surface area contributed by atoms with Crippen molar-refractivity contribution in [2.24, 2.45) is 5.73 Å². The third kappa shape index (κ3) is 3.39. The number of fused-ring (bicyclic) bond motifs is 1. The lowest BCUT2D eigenvalue weighted by Crippen LogP contribution is -2.09. The van der Waals surface area contributed by atoms with E-state index in [4.69, 9.17) is 10.5 Å². The quantitative estimate of drug-likeness (QED) is 0.479. The van der Waals surface area contributed by atoms with E-state index in [1.165, 1.54) is 0 Å². The van der Waals surface area contributed by atoms with Gasteiger partial charge >= 0.3 is 0 Å². The van der Waals surface area contributed by atoms with Gasteiger partial charge in [-0.15, -0.1) is 11.8 Å². The van der Waals surface area contributed by atoms with Crippen molar-refractivity contribution < 1.29 is 4.74 Å². The molecule has 0 amide bonds. The van der Waals surface area contributed by atoms with Crippen LogP contribution in [0.25, 0.3) is 10.9 Å². The van der Waals surface area contributed by atoms with Gasteiger partial charge in [-0.2, -0.15) is 0 Å². The molecule has 1 aromatic carbocycles. The Hall–Kier alpha value is -1.17. The van der Waals surface area contributed by atoms with Gasteiger partial charge in [0.15, 0.2) is 0 Å². The highest BCUT2D eigenvalue weighted by molar-refractivity contribution is 7.99. The fourth-order valence-corrected chi connectivity index (χ4v) is 2.32. The third-order valence-electron chi connectivity index (χ3n) is 2.23. The Morgan fingerprint density at radius 2 is 2.06 bits per heavy atom. The van der Waals surface area contributed by atoms with Crippen LogP contribution in [0.15, 0.2) is 35.6 Å². The monoisotopic (exact) mass is 249 g/mol. The zero-order valence-corrected chi connectivity index (χ0v) is 10.3. The van der Waals surface area contributed by atoms with E-state index in [0.29, 0.717) is 19.8 Å². The van der Waals surface area contributed by atoms with E-state index in [1.54, 1.807) is 18.1 Å². The van der Waals surface area contributed by atoms with Crippen LogP contribution in [0, 0.1) is 0 Å². The first-order chi connectivity index (χ1) is 8.42. The van der Waals surface area contributed by atoms with E-state index in [2.05, 4.69) is 9.97 Å². The van der Waals surface area contributed by atoms with E-state index >= 15 is 0 Å². The zero-order valence-electron chi connectivity index (χ0n) is 9.50. The second kappa shape index (κ2) is 6.54. The Morgan fingerprint density at radius 3 is 2.94 bits per heavy atom. The molecule has 0 atom stereocenters. The molecule has 5 heteroatoms. The number of para-hydroxylation sites is 1. The van der Waals surface area contributed by atoms with Gasteiger partial charge in [0, 0.05) is 17.7 Å². The number of hydrogen-bond acceptors (Lipinski definition) is 5.